The van der Waals surface area contributed by atoms with Gasteiger partial charge >= 0.3 is 0 Å². The van der Waals surface area contributed by atoms with E-state index in [9.17, 15) is 9.18 Å². The molecular weight excluding hydrogens is 339 g/mol. The number of ether oxygens (including phenoxy) is 1. The van der Waals surface area contributed by atoms with Crippen LogP contribution in [0.3, 0.4) is 0 Å². The van der Waals surface area contributed by atoms with Crippen molar-refractivity contribution in [1.29, 1.82) is 0 Å². The molecule has 8 nitrogen and oxygen atoms in total. The molecule has 0 saturated heterocycles. The van der Waals surface area contributed by atoms with Gasteiger partial charge in [0, 0.05) is 30.7 Å². The number of anilines is 1. The zero-order valence-corrected chi connectivity index (χ0v) is 13.9. The Morgan fingerprint density at radius 1 is 1.31 bits per heavy atom. The van der Waals surface area contributed by atoms with Crippen molar-refractivity contribution in [2.75, 3.05) is 12.4 Å². The van der Waals surface area contributed by atoms with Crippen LogP contribution in [0.5, 0.6) is 5.88 Å². The summed E-state index contributed by atoms with van der Waals surface area (Å²) in [6.45, 7) is 0. The molecule has 0 aliphatic heterocycles. The van der Waals surface area contributed by atoms with Crippen LogP contribution < -0.4 is 10.1 Å². The minimum Gasteiger partial charge on any atom is -0.479 e. The number of hydrogen-bond acceptors (Lipinski definition) is 6. The molecule has 9 heteroatoms. The second kappa shape index (κ2) is 6.17. The summed E-state index contributed by atoms with van der Waals surface area (Å²) < 4.78 is 20.0. The molecule has 1 fully saturated rings. The molecule has 4 rings (SSSR count). The first-order valence-corrected chi connectivity index (χ1v) is 7.97. The molecule has 1 saturated carbocycles. The number of hydrogen-bond donors (Lipinski definition) is 1. The normalized spacial score (nSPS) is 14.7. The van der Waals surface area contributed by atoms with Gasteiger partial charge in [-0.15, -0.1) is 0 Å². The summed E-state index contributed by atoms with van der Waals surface area (Å²) in [5.41, 5.74) is -0.282. The van der Waals surface area contributed by atoms with Crippen LogP contribution in [0.15, 0.2) is 43.0 Å². The fourth-order valence-electron chi connectivity index (χ4n) is 2.68. The summed E-state index contributed by atoms with van der Waals surface area (Å²) in [4.78, 5) is 24.9. The maximum Gasteiger partial charge on any atom is 0.250 e. The molecule has 1 N–H and O–H groups in total. The summed E-state index contributed by atoms with van der Waals surface area (Å²) in [5.74, 6) is -0.0167. The van der Waals surface area contributed by atoms with Crippen LogP contribution in [0, 0.1) is 5.82 Å². The van der Waals surface area contributed by atoms with Crippen molar-refractivity contribution < 1.29 is 13.9 Å². The fraction of sp³-hybridized carbons (Fsp3) is 0.235. The van der Waals surface area contributed by atoms with Gasteiger partial charge in [-0.25, -0.2) is 24.0 Å². The largest absolute Gasteiger partial charge is 0.479 e. The first-order valence-electron chi connectivity index (χ1n) is 7.97. The van der Waals surface area contributed by atoms with Crippen LogP contribution in [-0.4, -0.2) is 37.7 Å². The monoisotopic (exact) mass is 354 g/mol. The van der Waals surface area contributed by atoms with Crippen molar-refractivity contribution in [2.24, 2.45) is 0 Å². The van der Waals surface area contributed by atoms with Crippen LogP contribution in [-0.2, 0) is 10.2 Å². The molecule has 3 aromatic heterocycles. The Labute approximate surface area is 148 Å². The number of nitrogens with one attached hydrogen (secondary N) is 1. The topological polar surface area (TPSA) is 94.8 Å². The van der Waals surface area contributed by atoms with Crippen LogP contribution in [0.2, 0.25) is 0 Å². The van der Waals surface area contributed by atoms with E-state index in [2.05, 4.69) is 25.4 Å². The third-order valence-electron chi connectivity index (χ3n) is 4.26. The molecule has 0 bridgehead atoms. The number of pyridine rings is 1. The minimum atomic E-state index is -0.696. The maximum atomic E-state index is 13.8. The Morgan fingerprint density at radius 2 is 2.08 bits per heavy atom. The number of carbonyl (C=O) groups excluding carboxylic acids is 1. The summed E-state index contributed by atoms with van der Waals surface area (Å²) in [7, 11) is 1.34. The zero-order chi connectivity index (χ0) is 18.1. The number of nitrogens with zero attached hydrogens (tertiary/aromatic N) is 5. The highest BCUT2D eigenvalue weighted by Crippen LogP contribution is 2.47. The zero-order valence-electron chi connectivity index (χ0n) is 13.9. The number of aromatic nitrogens is 5. The lowest BCUT2D eigenvalue weighted by atomic mass is 10.1. The van der Waals surface area contributed by atoms with Gasteiger partial charge < -0.3 is 10.1 Å². The molecule has 0 radical (unpaired) electrons. The summed E-state index contributed by atoms with van der Waals surface area (Å²) in [5, 5.41) is 7.03. The maximum absolute atomic E-state index is 13.8. The van der Waals surface area contributed by atoms with Gasteiger partial charge in [0.25, 0.3) is 0 Å². The second-order valence-electron chi connectivity index (χ2n) is 5.94. The van der Waals surface area contributed by atoms with Gasteiger partial charge in [-0.05, 0) is 18.9 Å². The van der Waals surface area contributed by atoms with Gasteiger partial charge in [-0.1, -0.05) is 0 Å². The first-order chi connectivity index (χ1) is 12.6. The van der Waals surface area contributed by atoms with E-state index in [1.807, 2.05) is 0 Å². The van der Waals surface area contributed by atoms with Gasteiger partial charge in [0.05, 0.1) is 19.0 Å². The Morgan fingerprint density at radius 3 is 2.73 bits per heavy atom. The number of halogens is 1. The lowest BCUT2D eigenvalue weighted by Crippen LogP contribution is -2.29. The third kappa shape index (κ3) is 2.77. The Hall–Kier alpha value is -3.36. The summed E-state index contributed by atoms with van der Waals surface area (Å²) >= 11 is 0. The van der Waals surface area contributed by atoms with Crippen molar-refractivity contribution in [2.45, 2.75) is 18.3 Å². The highest BCUT2D eigenvalue weighted by molar-refractivity contribution is 6.00. The molecule has 26 heavy (non-hydrogen) atoms. The smallest absolute Gasteiger partial charge is 0.250 e. The van der Waals surface area contributed by atoms with Crippen LogP contribution in [0.25, 0.3) is 5.69 Å². The lowest BCUT2D eigenvalue weighted by Gasteiger charge is -2.12. The summed E-state index contributed by atoms with van der Waals surface area (Å²) in [6.07, 6.45) is 7.66. The van der Waals surface area contributed by atoms with Crippen LogP contribution in [0.4, 0.5) is 10.2 Å². The SMILES string of the molecule is COc1ncc(-n2ccc(NC(=O)C3(c4ncccn4)CC3)n2)cc1F. The average Bonchev–Trinajstić information content (AvgIpc) is 3.36. The molecule has 3 heterocycles. The number of rotatable bonds is 5. The van der Waals surface area contributed by atoms with Gasteiger partial charge in [0.2, 0.25) is 11.8 Å². The molecule has 0 aromatic carbocycles. The number of amides is 1. The Bertz CT molecular complexity index is 955. The van der Waals surface area contributed by atoms with Crippen molar-refractivity contribution >= 4 is 11.7 Å². The molecule has 0 atom stereocenters. The van der Waals surface area contributed by atoms with E-state index < -0.39 is 11.2 Å². The van der Waals surface area contributed by atoms with Crippen molar-refractivity contribution in [3.05, 3.63) is 54.6 Å². The van der Waals surface area contributed by atoms with E-state index in [-0.39, 0.29) is 11.8 Å². The lowest BCUT2D eigenvalue weighted by molar-refractivity contribution is -0.118. The molecular formula is C17H15FN6O2. The molecule has 132 valence electrons. The van der Waals surface area contributed by atoms with Gasteiger partial charge in [0.15, 0.2) is 11.6 Å². The molecule has 1 amide bonds. The van der Waals surface area contributed by atoms with Gasteiger partial charge in [-0.3, -0.25) is 4.79 Å². The van der Waals surface area contributed by atoms with Crippen LogP contribution >= 0.6 is 0 Å². The van der Waals surface area contributed by atoms with Gasteiger partial charge in [0.1, 0.15) is 11.2 Å². The van der Waals surface area contributed by atoms with Gasteiger partial charge in [-0.2, -0.15) is 5.10 Å². The average molecular weight is 354 g/mol. The van der Waals surface area contributed by atoms with E-state index in [0.717, 1.165) is 0 Å². The molecule has 1 aliphatic rings. The summed E-state index contributed by atoms with van der Waals surface area (Å²) in [6, 6.07) is 4.59. The number of carbonyl (C=O) groups is 1. The van der Waals surface area contributed by atoms with Crippen molar-refractivity contribution in [3.63, 3.8) is 0 Å². The Balaban J connectivity index is 1.52. The number of methoxy groups -OCH3 is 1. The van der Waals surface area contributed by atoms with E-state index in [1.165, 1.54) is 24.1 Å². The quantitative estimate of drug-likeness (QED) is 0.752. The molecule has 0 spiro atoms. The highest BCUT2D eigenvalue weighted by Gasteiger charge is 2.54. The predicted molar refractivity (Wildman–Crippen MR) is 89.4 cm³/mol. The minimum absolute atomic E-state index is 0.0898. The Kier molecular flexibility index (Phi) is 3.83. The predicted octanol–water partition coefficient (Wildman–Crippen LogP) is 1.88. The van der Waals surface area contributed by atoms with Crippen LogP contribution in [0.1, 0.15) is 18.7 Å². The van der Waals surface area contributed by atoms with Crippen molar-refractivity contribution in [1.82, 2.24) is 24.7 Å². The molecule has 0 unspecified atom stereocenters. The fourth-order valence-corrected chi connectivity index (χ4v) is 2.68. The van der Waals surface area contributed by atoms with E-state index in [1.54, 1.807) is 30.7 Å². The first kappa shape index (κ1) is 16.1. The third-order valence-corrected chi connectivity index (χ3v) is 4.26. The van der Waals surface area contributed by atoms with E-state index >= 15 is 0 Å². The highest BCUT2D eigenvalue weighted by atomic mass is 19.1. The van der Waals surface area contributed by atoms with E-state index in [4.69, 9.17) is 4.74 Å². The molecule has 3 aromatic rings. The molecule has 1 aliphatic carbocycles. The van der Waals surface area contributed by atoms with E-state index in [0.29, 0.717) is 30.2 Å². The van der Waals surface area contributed by atoms with Crippen molar-refractivity contribution in [3.8, 4) is 11.6 Å². The second-order valence-corrected chi connectivity index (χ2v) is 5.94. The standard InChI is InChI=1S/C17H15FN6O2/c1-26-14-12(18)9-11(10-21-14)24-8-3-13(23-24)22-16(25)17(4-5-17)15-19-6-2-7-20-15/h2-3,6-10H,4-5H2,1H3,(H,22,23,25).